The molecular weight excluding hydrogens is 264 g/mol. The summed E-state index contributed by atoms with van der Waals surface area (Å²) in [6.07, 6.45) is 4.66. The maximum atomic E-state index is 10.00. The van der Waals surface area contributed by atoms with Crippen molar-refractivity contribution >= 4 is 0 Å². The highest BCUT2D eigenvalue weighted by Crippen LogP contribution is 2.27. The number of hydrogen-bond donors (Lipinski definition) is 2. The van der Waals surface area contributed by atoms with Crippen LogP contribution >= 0.6 is 0 Å². The van der Waals surface area contributed by atoms with Crippen LogP contribution < -0.4 is 10.1 Å². The molecular formula is C17H24N2O2. The molecule has 1 aliphatic carbocycles. The molecule has 21 heavy (non-hydrogen) atoms. The molecule has 0 aromatic heterocycles. The predicted molar refractivity (Wildman–Crippen MR) is 82.1 cm³/mol. The Labute approximate surface area is 126 Å². The molecule has 114 valence electrons. The summed E-state index contributed by atoms with van der Waals surface area (Å²) < 4.78 is 5.54. The van der Waals surface area contributed by atoms with Crippen LogP contribution in [0, 0.1) is 17.2 Å². The minimum Gasteiger partial charge on any atom is -0.489 e. The highest BCUT2D eigenvalue weighted by Gasteiger charge is 2.21. The molecule has 1 fully saturated rings. The highest BCUT2D eigenvalue weighted by atomic mass is 16.5. The molecule has 2 rings (SSSR count). The van der Waals surface area contributed by atoms with Crippen LogP contribution in [0.25, 0.3) is 0 Å². The monoisotopic (exact) mass is 288 g/mol. The Kier molecular flexibility index (Phi) is 6.04. The van der Waals surface area contributed by atoms with Gasteiger partial charge in [-0.1, -0.05) is 25.0 Å². The minimum absolute atomic E-state index is 0.197. The van der Waals surface area contributed by atoms with Gasteiger partial charge < -0.3 is 15.2 Å². The van der Waals surface area contributed by atoms with E-state index in [4.69, 9.17) is 10.00 Å². The van der Waals surface area contributed by atoms with Crippen molar-refractivity contribution in [3.05, 3.63) is 29.8 Å². The fourth-order valence-electron chi connectivity index (χ4n) is 2.88. The van der Waals surface area contributed by atoms with Gasteiger partial charge in [-0.05, 0) is 37.8 Å². The Morgan fingerprint density at radius 3 is 2.81 bits per heavy atom. The van der Waals surface area contributed by atoms with Gasteiger partial charge in [0.2, 0.25) is 0 Å². The van der Waals surface area contributed by atoms with Gasteiger partial charge in [0.1, 0.15) is 24.5 Å². The lowest BCUT2D eigenvalue weighted by Gasteiger charge is -2.22. The Balaban J connectivity index is 1.72. The van der Waals surface area contributed by atoms with E-state index in [0.717, 1.165) is 5.92 Å². The molecule has 2 atom stereocenters. The second-order valence-corrected chi connectivity index (χ2v) is 5.81. The van der Waals surface area contributed by atoms with Crippen molar-refractivity contribution in [2.45, 2.75) is 44.8 Å². The van der Waals surface area contributed by atoms with E-state index in [1.807, 2.05) is 6.07 Å². The molecule has 4 heteroatoms. The van der Waals surface area contributed by atoms with Crippen LogP contribution in [0.2, 0.25) is 0 Å². The van der Waals surface area contributed by atoms with Crippen molar-refractivity contribution in [3.8, 4) is 11.8 Å². The normalized spacial score (nSPS) is 18.1. The molecule has 1 aliphatic rings. The zero-order valence-corrected chi connectivity index (χ0v) is 12.6. The lowest BCUT2D eigenvalue weighted by atomic mass is 10.00. The van der Waals surface area contributed by atoms with Gasteiger partial charge in [0, 0.05) is 12.6 Å². The summed E-state index contributed by atoms with van der Waals surface area (Å²) in [7, 11) is 0. The van der Waals surface area contributed by atoms with Crippen LogP contribution in [0.3, 0.4) is 0 Å². The van der Waals surface area contributed by atoms with E-state index < -0.39 is 6.10 Å². The lowest BCUT2D eigenvalue weighted by molar-refractivity contribution is 0.101. The molecule has 0 amide bonds. The Bertz CT molecular complexity index is 478. The first-order valence-corrected chi connectivity index (χ1v) is 7.74. The third kappa shape index (κ3) is 4.73. The molecule has 0 saturated heterocycles. The third-order valence-corrected chi connectivity index (χ3v) is 4.22. The molecule has 0 radical (unpaired) electrons. The van der Waals surface area contributed by atoms with Crippen molar-refractivity contribution in [2.75, 3.05) is 13.2 Å². The summed E-state index contributed by atoms with van der Waals surface area (Å²) in [5.74, 6) is 1.26. The first-order valence-electron chi connectivity index (χ1n) is 7.74. The number of para-hydroxylation sites is 1. The third-order valence-electron chi connectivity index (χ3n) is 4.22. The zero-order valence-electron chi connectivity index (χ0n) is 12.6. The number of hydrogen-bond acceptors (Lipinski definition) is 4. The highest BCUT2D eigenvalue weighted by molar-refractivity contribution is 5.42. The second kappa shape index (κ2) is 8.02. The van der Waals surface area contributed by atoms with Crippen LogP contribution in [-0.4, -0.2) is 30.4 Å². The lowest BCUT2D eigenvalue weighted by Crippen LogP contribution is -2.39. The number of nitrogens with one attached hydrogen (secondary N) is 1. The molecule has 1 aromatic carbocycles. The average Bonchev–Trinajstić information content (AvgIpc) is 3.05. The summed E-state index contributed by atoms with van der Waals surface area (Å²) >= 11 is 0. The van der Waals surface area contributed by atoms with E-state index in [9.17, 15) is 5.11 Å². The van der Waals surface area contributed by atoms with E-state index >= 15 is 0 Å². The smallest absolute Gasteiger partial charge is 0.137 e. The topological polar surface area (TPSA) is 65.3 Å². The van der Waals surface area contributed by atoms with E-state index in [-0.39, 0.29) is 6.61 Å². The van der Waals surface area contributed by atoms with Gasteiger partial charge in [-0.3, -0.25) is 0 Å². The second-order valence-electron chi connectivity index (χ2n) is 5.81. The minimum atomic E-state index is -0.569. The number of aliphatic hydroxyl groups excluding tert-OH is 1. The van der Waals surface area contributed by atoms with E-state index in [1.54, 1.807) is 18.2 Å². The predicted octanol–water partition coefficient (Wildman–Crippen LogP) is 2.47. The van der Waals surface area contributed by atoms with Crippen LogP contribution in [0.5, 0.6) is 5.75 Å². The standard InChI is InChI=1S/C17H24N2O2/c1-13(14-6-2-3-7-14)19-11-16(20)12-21-17-9-5-4-8-15(17)10-18/h4-5,8-9,13-14,16,19-20H,2-3,6-7,11-12H2,1H3. The zero-order chi connectivity index (χ0) is 15.1. The van der Waals surface area contributed by atoms with Crippen LogP contribution in [-0.2, 0) is 0 Å². The number of nitrogens with zero attached hydrogens (tertiary/aromatic N) is 1. The molecule has 0 heterocycles. The number of ether oxygens (including phenoxy) is 1. The van der Waals surface area contributed by atoms with Crippen molar-refractivity contribution in [1.29, 1.82) is 5.26 Å². The quantitative estimate of drug-likeness (QED) is 0.809. The van der Waals surface area contributed by atoms with Crippen LogP contribution in [0.15, 0.2) is 24.3 Å². The van der Waals surface area contributed by atoms with Gasteiger partial charge in [0.25, 0.3) is 0 Å². The van der Waals surface area contributed by atoms with E-state index in [2.05, 4.69) is 18.3 Å². The van der Waals surface area contributed by atoms with E-state index in [1.165, 1.54) is 25.7 Å². The fourth-order valence-corrected chi connectivity index (χ4v) is 2.88. The first kappa shape index (κ1) is 15.8. The fraction of sp³-hybridized carbons (Fsp3) is 0.588. The summed E-state index contributed by atoms with van der Waals surface area (Å²) in [5.41, 5.74) is 0.497. The van der Waals surface area contributed by atoms with Gasteiger partial charge in [0.05, 0.1) is 5.56 Å². The van der Waals surface area contributed by atoms with Gasteiger partial charge in [-0.25, -0.2) is 0 Å². The molecule has 0 bridgehead atoms. The van der Waals surface area contributed by atoms with Crippen molar-refractivity contribution in [2.24, 2.45) is 5.92 Å². The van der Waals surface area contributed by atoms with Crippen molar-refractivity contribution in [3.63, 3.8) is 0 Å². The van der Waals surface area contributed by atoms with Gasteiger partial charge in [-0.15, -0.1) is 0 Å². The Morgan fingerprint density at radius 1 is 1.38 bits per heavy atom. The molecule has 1 aromatic rings. The first-order chi connectivity index (χ1) is 10.2. The van der Waals surface area contributed by atoms with Gasteiger partial charge in [0.15, 0.2) is 0 Å². The Hall–Kier alpha value is -1.57. The largest absolute Gasteiger partial charge is 0.489 e. The number of aliphatic hydroxyl groups is 1. The molecule has 4 nitrogen and oxygen atoms in total. The molecule has 2 N–H and O–H groups in total. The summed E-state index contributed by atoms with van der Waals surface area (Å²) in [4.78, 5) is 0. The van der Waals surface area contributed by atoms with Crippen LogP contribution in [0.1, 0.15) is 38.2 Å². The summed E-state index contributed by atoms with van der Waals surface area (Å²) in [5, 5.41) is 22.4. The Morgan fingerprint density at radius 2 is 2.10 bits per heavy atom. The van der Waals surface area contributed by atoms with Crippen molar-refractivity contribution < 1.29 is 9.84 Å². The summed E-state index contributed by atoms with van der Waals surface area (Å²) in [6.45, 7) is 2.91. The molecule has 2 unspecified atom stereocenters. The van der Waals surface area contributed by atoms with Gasteiger partial charge >= 0.3 is 0 Å². The average molecular weight is 288 g/mol. The molecule has 1 saturated carbocycles. The SMILES string of the molecule is CC(NCC(O)COc1ccccc1C#N)C1CCCC1. The maximum Gasteiger partial charge on any atom is 0.137 e. The number of rotatable bonds is 7. The summed E-state index contributed by atoms with van der Waals surface area (Å²) in [6, 6.07) is 9.60. The number of nitriles is 1. The molecule has 0 aliphatic heterocycles. The maximum absolute atomic E-state index is 10.00. The van der Waals surface area contributed by atoms with Crippen LogP contribution in [0.4, 0.5) is 0 Å². The molecule has 0 spiro atoms. The van der Waals surface area contributed by atoms with E-state index in [0.29, 0.717) is 23.9 Å². The van der Waals surface area contributed by atoms with Crippen molar-refractivity contribution in [1.82, 2.24) is 5.32 Å². The van der Waals surface area contributed by atoms with Gasteiger partial charge in [-0.2, -0.15) is 5.26 Å². The number of benzene rings is 1.